The zero-order chi connectivity index (χ0) is 15.5. The summed E-state index contributed by atoms with van der Waals surface area (Å²) in [6, 6.07) is 16.1. The van der Waals surface area contributed by atoms with Gasteiger partial charge in [-0.3, -0.25) is 0 Å². The number of fused-ring (bicyclic) bond motifs is 1. The Labute approximate surface area is 139 Å². The Kier molecular flexibility index (Phi) is 4.48. The Hall–Kier alpha value is -1.81. The standard InChI is InChI=1S/C18H18BrNO2/c1-20(18(21)22-12-13-5-3-2-4-6-13)17-10-8-14-7-9-15(19)11-16(14)17/h2-7,9,11,17H,8,10,12H2,1H3. The van der Waals surface area contributed by atoms with Crippen LogP contribution in [0.4, 0.5) is 4.79 Å². The lowest BCUT2D eigenvalue weighted by molar-refractivity contribution is 0.0909. The third-order valence-electron chi connectivity index (χ3n) is 4.11. The summed E-state index contributed by atoms with van der Waals surface area (Å²) in [6.45, 7) is 0.308. The zero-order valence-corrected chi connectivity index (χ0v) is 14.0. The molecule has 2 aromatic rings. The van der Waals surface area contributed by atoms with Crippen LogP contribution in [0.1, 0.15) is 29.2 Å². The second kappa shape index (κ2) is 6.53. The fourth-order valence-corrected chi connectivity index (χ4v) is 3.28. The number of ether oxygens (including phenoxy) is 1. The van der Waals surface area contributed by atoms with Crippen molar-refractivity contribution in [3.8, 4) is 0 Å². The summed E-state index contributed by atoms with van der Waals surface area (Å²) < 4.78 is 6.47. The molecule has 0 heterocycles. The number of carbonyl (C=O) groups excluding carboxylic acids is 1. The van der Waals surface area contributed by atoms with Gasteiger partial charge in [0.25, 0.3) is 0 Å². The molecule has 1 aliphatic rings. The molecular formula is C18H18BrNO2. The minimum absolute atomic E-state index is 0.0933. The largest absolute Gasteiger partial charge is 0.445 e. The number of aryl methyl sites for hydroxylation is 1. The van der Waals surface area contributed by atoms with Crippen molar-refractivity contribution in [3.05, 3.63) is 69.7 Å². The Morgan fingerprint density at radius 1 is 1.27 bits per heavy atom. The van der Waals surface area contributed by atoms with Gasteiger partial charge in [-0.1, -0.05) is 52.3 Å². The second-order valence-electron chi connectivity index (χ2n) is 5.55. The van der Waals surface area contributed by atoms with Gasteiger partial charge in [-0.05, 0) is 41.7 Å². The quantitative estimate of drug-likeness (QED) is 0.794. The van der Waals surface area contributed by atoms with Gasteiger partial charge in [0.15, 0.2) is 0 Å². The van der Waals surface area contributed by atoms with Crippen LogP contribution in [-0.2, 0) is 17.8 Å². The van der Waals surface area contributed by atoms with E-state index in [2.05, 4.69) is 34.1 Å². The molecule has 22 heavy (non-hydrogen) atoms. The van der Waals surface area contributed by atoms with E-state index in [1.807, 2.05) is 37.4 Å². The van der Waals surface area contributed by atoms with Crippen molar-refractivity contribution in [2.45, 2.75) is 25.5 Å². The van der Waals surface area contributed by atoms with E-state index >= 15 is 0 Å². The average molecular weight is 360 g/mol. The fourth-order valence-electron chi connectivity index (χ4n) is 2.90. The predicted molar refractivity (Wildman–Crippen MR) is 89.6 cm³/mol. The molecule has 0 fully saturated rings. The number of hydrogen-bond acceptors (Lipinski definition) is 2. The number of carbonyl (C=O) groups is 1. The molecule has 0 spiro atoms. The first-order chi connectivity index (χ1) is 10.6. The Morgan fingerprint density at radius 3 is 2.82 bits per heavy atom. The Balaban J connectivity index is 1.66. The molecular weight excluding hydrogens is 342 g/mol. The summed E-state index contributed by atoms with van der Waals surface area (Å²) in [5.74, 6) is 0. The molecule has 3 rings (SSSR count). The maximum atomic E-state index is 12.3. The molecule has 1 unspecified atom stereocenters. The van der Waals surface area contributed by atoms with E-state index in [1.54, 1.807) is 4.90 Å². The minimum atomic E-state index is -0.276. The molecule has 0 aliphatic heterocycles. The molecule has 4 heteroatoms. The van der Waals surface area contributed by atoms with E-state index in [4.69, 9.17) is 4.74 Å². The van der Waals surface area contributed by atoms with Crippen LogP contribution in [0.2, 0.25) is 0 Å². The number of halogens is 1. The van der Waals surface area contributed by atoms with Gasteiger partial charge >= 0.3 is 6.09 Å². The minimum Gasteiger partial charge on any atom is -0.445 e. The predicted octanol–water partition coefficient (Wildman–Crippen LogP) is 4.71. The Morgan fingerprint density at radius 2 is 2.05 bits per heavy atom. The first-order valence-electron chi connectivity index (χ1n) is 7.37. The van der Waals surface area contributed by atoms with E-state index in [1.165, 1.54) is 11.1 Å². The van der Waals surface area contributed by atoms with Crippen molar-refractivity contribution in [3.63, 3.8) is 0 Å². The lowest BCUT2D eigenvalue weighted by atomic mass is 10.1. The molecule has 3 nitrogen and oxygen atoms in total. The number of hydrogen-bond donors (Lipinski definition) is 0. The molecule has 1 aliphatic carbocycles. The van der Waals surface area contributed by atoms with Crippen LogP contribution in [0.15, 0.2) is 53.0 Å². The number of nitrogens with zero attached hydrogens (tertiary/aromatic N) is 1. The highest BCUT2D eigenvalue weighted by Gasteiger charge is 2.29. The van der Waals surface area contributed by atoms with E-state index in [-0.39, 0.29) is 12.1 Å². The fraction of sp³-hybridized carbons (Fsp3) is 0.278. The van der Waals surface area contributed by atoms with Crippen molar-refractivity contribution in [2.75, 3.05) is 7.05 Å². The molecule has 2 aromatic carbocycles. The lowest BCUT2D eigenvalue weighted by Gasteiger charge is -2.25. The van der Waals surface area contributed by atoms with Crippen molar-refractivity contribution >= 4 is 22.0 Å². The van der Waals surface area contributed by atoms with Crippen molar-refractivity contribution in [1.82, 2.24) is 4.90 Å². The first-order valence-corrected chi connectivity index (χ1v) is 8.16. The highest BCUT2D eigenvalue weighted by molar-refractivity contribution is 9.10. The van der Waals surface area contributed by atoms with Gasteiger partial charge in [0.2, 0.25) is 0 Å². The first kappa shape index (κ1) is 15.1. The second-order valence-corrected chi connectivity index (χ2v) is 6.46. The van der Waals surface area contributed by atoms with Crippen molar-refractivity contribution < 1.29 is 9.53 Å². The summed E-state index contributed by atoms with van der Waals surface area (Å²) in [5.41, 5.74) is 3.53. The van der Waals surface area contributed by atoms with Gasteiger partial charge in [0, 0.05) is 11.5 Å². The van der Waals surface area contributed by atoms with Crippen molar-refractivity contribution in [2.24, 2.45) is 0 Å². The third-order valence-corrected chi connectivity index (χ3v) is 4.61. The molecule has 0 radical (unpaired) electrons. The average Bonchev–Trinajstić information content (AvgIpc) is 2.95. The summed E-state index contributed by atoms with van der Waals surface area (Å²) >= 11 is 3.51. The van der Waals surface area contributed by atoms with Crippen LogP contribution in [0.5, 0.6) is 0 Å². The molecule has 0 bridgehead atoms. The van der Waals surface area contributed by atoms with Crippen LogP contribution >= 0.6 is 15.9 Å². The van der Waals surface area contributed by atoms with Crippen LogP contribution in [0.3, 0.4) is 0 Å². The summed E-state index contributed by atoms with van der Waals surface area (Å²) in [7, 11) is 1.81. The van der Waals surface area contributed by atoms with Gasteiger partial charge in [-0.25, -0.2) is 4.79 Å². The monoisotopic (exact) mass is 359 g/mol. The van der Waals surface area contributed by atoms with Gasteiger partial charge in [0.1, 0.15) is 6.61 Å². The third kappa shape index (κ3) is 3.17. The van der Waals surface area contributed by atoms with Crippen LogP contribution in [-0.4, -0.2) is 18.0 Å². The molecule has 114 valence electrons. The topological polar surface area (TPSA) is 29.5 Å². The molecule has 1 atom stereocenters. The van der Waals surface area contributed by atoms with Crippen LogP contribution in [0, 0.1) is 0 Å². The van der Waals surface area contributed by atoms with E-state index in [9.17, 15) is 4.79 Å². The maximum absolute atomic E-state index is 12.3. The normalized spacial score (nSPS) is 16.2. The highest BCUT2D eigenvalue weighted by atomic mass is 79.9. The molecule has 0 saturated heterocycles. The molecule has 0 N–H and O–H groups in total. The highest BCUT2D eigenvalue weighted by Crippen LogP contribution is 2.36. The number of amides is 1. The van der Waals surface area contributed by atoms with Gasteiger partial charge in [-0.15, -0.1) is 0 Å². The lowest BCUT2D eigenvalue weighted by Crippen LogP contribution is -2.30. The molecule has 1 amide bonds. The maximum Gasteiger partial charge on any atom is 0.410 e. The SMILES string of the molecule is CN(C(=O)OCc1ccccc1)C1CCc2ccc(Br)cc21. The smallest absolute Gasteiger partial charge is 0.410 e. The Bertz CT molecular complexity index is 672. The van der Waals surface area contributed by atoms with Gasteiger partial charge in [-0.2, -0.15) is 0 Å². The van der Waals surface area contributed by atoms with Crippen LogP contribution in [0.25, 0.3) is 0 Å². The van der Waals surface area contributed by atoms with Gasteiger partial charge < -0.3 is 9.64 Å². The zero-order valence-electron chi connectivity index (χ0n) is 12.5. The summed E-state index contributed by atoms with van der Waals surface area (Å²) in [4.78, 5) is 14.0. The van der Waals surface area contributed by atoms with E-state index < -0.39 is 0 Å². The van der Waals surface area contributed by atoms with Crippen molar-refractivity contribution in [1.29, 1.82) is 0 Å². The van der Waals surface area contributed by atoms with Crippen LogP contribution < -0.4 is 0 Å². The molecule has 0 aromatic heterocycles. The summed E-state index contributed by atoms with van der Waals surface area (Å²) in [5, 5.41) is 0. The van der Waals surface area contributed by atoms with E-state index in [0.29, 0.717) is 6.61 Å². The summed E-state index contributed by atoms with van der Waals surface area (Å²) in [6.07, 6.45) is 1.67. The van der Waals surface area contributed by atoms with Gasteiger partial charge in [0.05, 0.1) is 6.04 Å². The number of rotatable bonds is 3. The van der Waals surface area contributed by atoms with E-state index in [0.717, 1.165) is 22.9 Å². The number of benzene rings is 2. The molecule has 0 saturated carbocycles.